The van der Waals surface area contributed by atoms with E-state index in [0.717, 1.165) is 11.5 Å². The number of aliphatic imine (C=N–C) groups is 1. The van der Waals surface area contributed by atoms with Crippen LogP contribution in [-0.2, 0) is 0 Å². The molecule has 0 aromatic carbocycles. The maximum absolute atomic E-state index is 12.1. The van der Waals surface area contributed by atoms with Crippen molar-refractivity contribution in [2.75, 3.05) is 13.1 Å². The van der Waals surface area contributed by atoms with Crippen molar-refractivity contribution in [3.63, 3.8) is 0 Å². The van der Waals surface area contributed by atoms with Crippen molar-refractivity contribution in [2.45, 2.75) is 52.3 Å². The van der Waals surface area contributed by atoms with E-state index in [4.69, 9.17) is 4.42 Å². The van der Waals surface area contributed by atoms with E-state index >= 15 is 0 Å². The zero-order valence-corrected chi connectivity index (χ0v) is 13.3. The number of guanidine groups is 1. The molecule has 1 unspecified atom stereocenters. The number of furan rings is 1. The highest BCUT2D eigenvalue weighted by atomic mass is 19.4. The lowest BCUT2D eigenvalue weighted by atomic mass is 10.2. The molecule has 7 heteroatoms. The fourth-order valence-electron chi connectivity index (χ4n) is 1.91. The van der Waals surface area contributed by atoms with Crippen LogP contribution in [0.4, 0.5) is 13.2 Å². The molecule has 4 nitrogen and oxygen atoms in total. The second kappa shape index (κ2) is 8.70. The molecule has 1 rings (SSSR count). The first kappa shape index (κ1) is 18.4. The summed E-state index contributed by atoms with van der Waals surface area (Å²) in [6.45, 7) is 6.78. The monoisotopic (exact) mass is 319 g/mol. The summed E-state index contributed by atoms with van der Waals surface area (Å²) in [6, 6.07) is 3.70. The van der Waals surface area contributed by atoms with Crippen LogP contribution < -0.4 is 10.6 Å². The van der Waals surface area contributed by atoms with E-state index in [1.807, 2.05) is 32.9 Å². The van der Waals surface area contributed by atoms with Crippen LogP contribution >= 0.6 is 0 Å². The van der Waals surface area contributed by atoms with Crippen LogP contribution in [0.1, 0.15) is 50.7 Å². The van der Waals surface area contributed by atoms with Crippen molar-refractivity contribution >= 4 is 5.96 Å². The van der Waals surface area contributed by atoms with Crippen LogP contribution in [0.3, 0.4) is 0 Å². The summed E-state index contributed by atoms with van der Waals surface area (Å²) >= 11 is 0. The molecule has 126 valence electrons. The molecule has 1 atom stereocenters. The van der Waals surface area contributed by atoms with Gasteiger partial charge in [-0.2, -0.15) is 13.2 Å². The molecule has 0 saturated heterocycles. The second-order valence-corrected chi connectivity index (χ2v) is 5.15. The Morgan fingerprint density at radius 3 is 2.59 bits per heavy atom. The third kappa shape index (κ3) is 7.38. The van der Waals surface area contributed by atoms with Gasteiger partial charge in [0, 0.05) is 19.5 Å². The minimum absolute atomic E-state index is 0.0679. The lowest BCUT2D eigenvalue weighted by Gasteiger charge is -2.16. The fraction of sp³-hybridized carbons (Fsp3) is 0.667. The first-order valence-electron chi connectivity index (χ1n) is 7.49. The predicted octanol–water partition coefficient (Wildman–Crippen LogP) is 3.94. The van der Waals surface area contributed by atoms with Gasteiger partial charge in [0.1, 0.15) is 11.5 Å². The summed E-state index contributed by atoms with van der Waals surface area (Å²) in [6.07, 6.45) is -4.34. The molecule has 0 aliphatic carbocycles. The fourth-order valence-corrected chi connectivity index (χ4v) is 1.91. The van der Waals surface area contributed by atoms with Gasteiger partial charge in [-0.3, -0.25) is 4.99 Å². The number of unbranched alkanes of at least 4 members (excludes halogenated alkanes) is 1. The standard InChI is InChI=1S/C15H24F3N3O/c1-4-19-14(20-10-6-5-9-15(16,17)18)21-12(3)13-8-7-11(2)22-13/h7-8,12H,4-6,9-10H2,1-3H3,(H2,19,20,21). The molecule has 0 amide bonds. The highest BCUT2D eigenvalue weighted by molar-refractivity contribution is 5.80. The Labute approximate surface area is 129 Å². The lowest BCUT2D eigenvalue weighted by Crippen LogP contribution is -2.38. The number of halogens is 3. The number of aryl methyl sites for hydroxylation is 1. The van der Waals surface area contributed by atoms with Gasteiger partial charge in [-0.05, 0) is 45.7 Å². The highest BCUT2D eigenvalue weighted by Crippen LogP contribution is 2.22. The van der Waals surface area contributed by atoms with E-state index in [1.165, 1.54) is 0 Å². The Morgan fingerprint density at radius 1 is 1.32 bits per heavy atom. The van der Waals surface area contributed by atoms with E-state index in [1.54, 1.807) is 0 Å². The summed E-state index contributed by atoms with van der Waals surface area (Å²) in [5.41, 5.74) is 0. The molecule has 2 N–H and O–H groups in total. The summed E-state index contributed by atoms with van der Waals surface area (Å²) in [7, 11) is 0. The van der Waals surface area contributed by atoms with Gasteiger partial charge < -0.3 is 15.1 Å². The molecule has 1 aromatic heterocycles. The van der Waals surface area contributed by atoms with E-state index in [-0.39, 0.29) is 12.5 Å². The number of alkyl halides is 3. The zero-order valence-electron chi connectivity index (χ0n) is 13.3. The first-order chi connectivity index (χ1) is 10.3. The predicted molar refractivity (Wildman–Crippen MR) is 80.9 cm³/mol. The summed E-state index contributed by atoms with van der Waals surface area (Å²) in [5, 5.41) is 6.25. The third-order valence-corrected chi connectivity index (χ3v) is 3.02. The quantitative estimate of drug-likeness (QED) is 0.455. The molecule has 0 spiro atoms. The van der Waals surface area contributed by atoms with E-state index in [2.05, 4.69) is 15.6 Å². The molecule has 0 aliphatic heterocycles. The molecule has 1 aromatic rings. The maximum atomic E-state index is 12.1. The molecule has 0 aliphatic rings. The highest BCUT2D eigenvalue weighted by Gasteiger charge is 2.25. The largest absolute Gasteiger partial charge is 0.464 e. The SMILES string of the molecule is CCNC(=NCCCCC(F)(F)F)NC(C)c1ccc(C)o1. The Hall–Kier alpha value is -1.66. The van der Waals surface area contributed by atoms with Crippen molar-refractivity contribution in [1.82, 2.24) is 10.6 Å². The number of hydrogen-bond donors (Lipinski definition) is 2. The van der Waals surface area contributed by atoms with Gasteiger partial charge in [-0.15, -0.1) is 0 Å². The number of nitrogens with zero attached hydrogens (tertiary/aromatic N) is 1. The minimum atomic E-state index is -4.09. The van der Waals surface area contributed by atoms with E-state index in [0.29, 0.717) is 25.5 Å². The van der Waals surface area contributed by atoms with Crippen LogP contribution in [0.2, 0.25) is 0 Å². The van der Waals surface area contributed by atoms with Crippen LogP contribution in [0, 0.1) is 6.92 Å². The Kier molecular flexibility index (Phi) is 7.27. The molecule has 0 bridgehead atoms. The van der Waals surface area contributed by atoms with Gasteiger partial charge in [0.15, 0.2) is 5.96 Å². The molecule has 22 heavy (non-hydrogen) atoms. The van der Waals surface area contributed by atoms with Crippen molar-refractivity contribution in [3.05, 3.63) is 23.7 Å². The lowest BCUT2D eigenvalue weighted by molar-refractivity contribution is -0.135. The zero-order chi connectivity index (χ0) is 16.6. The van der Waals surface area contributed by atoms with Crippen LogP contribution in [0.15, 0.2) is 21.5 Å². The van der Waals surface area contributed by atoms with Crippen molar-refractivity contribution in [1.29, 1.82) is 0 Å². The van der Waals surface area contributed by atoms with Gasteiger partial charge >= 0.3 is 6.18 Å². The van der Waals surface area contributed by atoms with Gasteiger partial charge in [0.2, 0.25) is 0 Å². The average molecular weight is 319 g/mol. The second-order valence-electron chi connectivity index (χ2n) is 5.15. The third-order valence-electron chi connectivity index (χ3n) is 3.02. The van der Waals surface area contributed by atoms with Crippen LogP contribution in [0.5, 0.6) is 0 Å². The Balaban J connectivity index is 2.44. The number of rotatable bonds is 7. The number of nitrogens with one attached hydrogen (secondary N) is 2. The minimum Gasteiger partial charge on any atom is -0.464 e. The Morgan fingerprint density at radius 2 is 2.05 bits per heavy atom. The van der Waals surface area contributed by atoms with Crippen molar-refractivity contribution in [2.24, 2.45) is 4.99 Å². The molecule has 0 saturated carbocycles. The Bertz CT molecular complexity index is 469. The van der Waals surface area contributed by atoms with E-state index in [9.17, 15) is 13.2 Å². The molecular weight excluding hydrogens is 295 g/mol. The van der Waals surface area contributed by atoms with Gasteiger partial charge in [-0.1, -0.05) is 0 Å². The topological polar surface area (TPSA) is 49.6 Å². The van der Waals surface area contributed by atoms with E-state index < -0.39 is 12.6 Å². The van der Waals surface area contributed by atoms with Crippen LogP contribution in [0.25, 0.3) is 0 Å². The molecule has 0 fully saturated rings. The smallest absolute Gasteiger partial charge is 0.389 e. The van der Waals surface area contributed by atoms with Crippen LogP contribution in [-0.4, -0.2) is 25.2 Å². The van der Waals surface area contributed by atoms with Gasteiger partial charge in [-0.25, -0.2) is 0 Å². The van der Waals surface area contributed by atoms with Gasteiger partial charge in [0.25, 0.3) is 0 Å². The van der Waals surface area contributed by atoms with Gasteiger partial charge in [0.05, 0.1) is 6.04 Å². The molecule has 0 radical (unpaired) electrons. The maximum Gasteiger partial charge on any atom is 0.389 e. The average Bonchev–Trinajstić information content (AvgIpc) is 2.84. The molecule has 1 heterocycles. The normalized spacial score (nSPS) is 14.0. The van der Waals surface area contributed by atoms with Crippen molar-refractivity contribution in [3.8, 4) is 0 Å². The number of hydrogen-bond acceptors (Lipinski definition) is 2. The molecular formula is C15H24F3N3O. The van der Waals surface area contributed by atoms with Crippen molar-refractivity contribution < 1.29 is 17.6 Å². The summed E-state index contributed by atoms with van der Waals surface area (Å²) in [5.74, 6) is 2.20. The summed E-state index contributed by atoms with van der Waals surface area (Å²) in [4.78, 5) is 4.29. The summed E-state index contributed by atoms with van der Waals surface area (Å²) < 4.78 is 41.7. The first-order valence-corrected chi connectivity index (χ1v) is 7.49.